The smallest absolute Gasteiger partial charge is 0.250 e. The Kier molecular flexibility index (Phi) is 4.77. The zero-order valence-electron chi connectivity index (χ0n) is 17.7. The normalized spacial score (nSPS) is 15.9. The average molecular weight is 416 g/mol. The number of amides is 1. The summed E-state index contributed by atoms with van der Waals surface area (Å²) in [6.07, 6.45) is 8.94. The molecule has 3 aromatic heterocycles. The highest BCUT2D eigenvalue weighted by atomic mass is 16.1. The monoisotopic (exact) mass is 415 g/mol. The van der Waals surface area contributed by atoms with Crippen LogP contribution in [-0.2, 0) is 6.42 Å². The van der Waals surface area contributed by atoms with E-state index in [9.17, 15) is 4.79 Å². The molecule has 0 saturated heterocycles. The molecule has 2 aliphatic heterocycles. The molecule has 0 aromatic carbocycles. The molecule has 0 unspecified atom stereocenters. The minimum absolute atomic E-state index is 0.203. The van der Waals surface area contributed by atoms with Crippen LogP contribution in [0.4, 0.5) is 5.95 Å². The van der Waals surface area contributed by atoms with Gasteiger partial charge >= 0.3 is 0 Å². The van der Waals surface area contributed by atoms with Crippen LogP contribution < -0.4 is 10.6 Å². The summed E-state index contributed by atoms with van der Waals surface area (Å²) in [5, 5.41) is 0.781. The SMILES string of the molecule is CC(C)n1cc(C(N)=O)c2cnc(Cc3ccnc(N4CCC5=C(C=NC5)C4)n3)cc21. The topological polar surface area (TPSA) is 102 Å². The fourth-order valence-electron chi connectivity index (χ4n) is 4.30. The van der Waals surface area contributed by atoms with Crippen LogP contribution in [0.3, 0.4) is 0 Å². The molecule has 0 radical (unpaired) electrons. The lowest BCUT2D eigenvalue weighted by molar-refractivity contribution is 0.100. The molecule has 0 bridgehead atoms. The number of aromatic nitrogens is 4. The van der Waals surface area contributed by atoms with Gasteiger partial charge < -0.3 is 15.2 Å². The van der Waals surface area contributed by atoms with Crippen molar-refractivity contribution in [2.45, 2.75) is 32.7 Å². The van der Waals surface area contributed by atoms with E-state index in [-0.39, 0.29) is 6.04 Å². The number of fused-ring (bicyclic) bond motifs is 1. The largest absolute Gasteiger partial charge is 0.366 e. The summed E-state index contributed by atoms with van der Waals surface area (Å²) in [6.45, 7) is 6.72. The lowest BCUT2D eigenvalue weighted by Crippen LogP contribution is -2.33. The molecule has 0 atom stereocenters. The van der Waals surface area contributed by atoms with E-state index in [0.717, 1.165) is 54.3 Å². The third-order valence-electron chi connectivity index (χ3n) is 5.97. The zero-order valence-corrected chi connectivity index (χ0v) is 17.7. The third kappa shape index (κ3) is 3.58. The van der Waals surface area contributed by atoms with Crippen molar-refractivity contribution in [1.29, 1.82) is 0 Å². The Morgan fingerprint density at radius 3 is 2.94 bits per heavy atom. The standard InChI is InChI=1S/C23H25N7O/c1-14(2)30-13-20(22(24)31)19-11-27-18(8-21(19)30)7-17-3-5-26-23(28-17)29-6-4-15-9-25-10-16(15)12-29/h3,5,8,10-11,13-14H,4,6-7,9,12H2,1-2H3,(H2,24,31). The van der Waals surface area contributed by atoms with Crippen molar-refractivity contribution in [2.24, 2.45) is 10.7 Å². The minimum atomic E-state index is -0.438. The van der Waals surface area contributed by atoms with Crippen molar-refractivity contribution >= 4 is 29.0 Å². The zero-order chi connectivity index (χ0) is 21.5. The van der Waals surface area contributed by atoms with E-state index in [1.807, 2.05) is 30.7 Å². The molecule has 2 aliphatic rings. The van der Waals surface area contributed by atoms with Crippen LogP contribution in [0.2, 0.25) is 0 Å². The van der Waals surface area contributed by atoms with Gasteiger partial charge in [-0.1, -0.05) is 0 Å². The molecule has 31 heavy (non-hydrogen) atoms. The van der Waals surface area contributed by atoms with Gasteiger partial charge in [0.25, 0.3) is 5.91 Å². The van der Waals surface area contributed by atoms with Crippen molar-refractivity contribution in [2.75, 3.05) is 24.5 Å². The predicted molar refractivity (Wildman–Crippen MR) is 121 cm³/mol. The molecule has 5 rings (SSSR count). The first-order chi connectivity index (χ1) is 15.0. The molecule has 0 saturated carbocycles. The van der Waals surface area contributed by atoms with E-state index in [0.29, 0.717) is 12.0 Å². The number of aliphatic imine (C=N–C) groups is 1. The summed E-state index contributed by atoms with van der Waals surface area (Å²) in [5.41, 5.74) is 11.6. The van der Waals surface area contributed by atoms with Crippen LogP contribution in [0.1, 0.15) is 48.1 Å². The highest BCUT2D eigenvalue weighted by Crippen LogP contribution is 2.26. The van der Waals surface area contributed by atoms with E-state index < -0.39 is 5.91 Å². The van der Waals surface area contributed by atoms with Gasteiger partial charge in [-0.25, -0.2) is 9.97 Å². The predicted octanol–water partition coefficient (Wildman–Crippen LogP) is 2.69. The molecule has 3 aromatic rings. The van der Waals surface area contributed by atoms with Gasteiger partial charge in [0.1, 0.15) is 0 Å². The first-order valence-electron chi connectivity index (χ1n) is 10.6. The lowest BCUT2D eigenvalue weighted by atomic mass is 10.0. The van der Waals surface area contributed by atoms with Gasteiger partial charge in [0.15, 0.2) is 0 Å². The molecule has 8 heteroatoms. The van der Waals surface area contributed by atoms with E-state index in [1.165, 1.54) is 11.1 Å². The molecular formula is C23H25N7O. The van der Waals surface area contributed by atoms with Gasteiger partial charge in [-0.3, -0.25) is 14.8 Å². The molecule has 158 valence electrons. The Bertz CT molecular complexity index is 1240. The number of nitrogens with two attached hydrogens (primary N) is 1. The van der Waals surface area contributed by atoms with Crippen LogP contribution in [0.25, 0.3) is 10.9 Å². The number of pyridine rings is 1. The maximum absolute atomic E-state index is 11.8. The Morgan fingerprint density at radius 2 is 2.13 bits per heavy atom. The number of nitrogens with zero attached hydrogens (tertiary/aromatic N) is 6. The second-order valence-electron chi connectivity index (χ2n) is 8.40. The van der Waals surface area contributed by atoms with Crippen molar-refractivity contribution in [3.8, 4) is 0 Å². The van der Waals surface area contributed by atoms with E-state index in [1.54, 1.807) is 6.20 Å². The summed E-state index contributed by atoms with van der Waals surface area (Å²) in [6, 6.07) is 4.16. The fraction of sp³-hybridized carbons (Fsp3) is 0.348. The van der Waals surface area contributed by atoms with Crippen molar-refractivity contribution < 1.29 is 4.79 Å². The maximum atomic E-state index is 11.8. The molecule has 8 nitrogen and oxygen atoms in total. The average Bonchev–Trinajstić information content (AvgIpc) is 3.38. The third-order valence-corrected chi connectivity index (χ3v) is 5.97. The van der Waals surface area contributed by atoms with Gasteiger partial charge in [0.2, 0.25) is 5.95 Å². The Balaban J connectivity index is 1.42. The van der Waals surface area contributed by atoms with Crippen LogP contribution >= 0.6 is 0 Å². The molecule has 0 fully saturated rings. The molecular weight excluding hydrogens is 390 g/mol. The van der Waals surface area contributed by atoms with Gasteiger partial charge in [0, 0.05) is 61.4 Å². The molecule has 5 heterocycles. The van der Waals surface area contributed by atoms with E-state index in [2.05, 4.69) is 38.3 Å². The fourth-order valence-corrected chi connectivity index (χ4v) is 4.30. The van der Waals surface area contributed by atoms with Crippen LogP contribution in [0.15, 0.2) is 46.9 Å². The molecule has 2 N–H and O–H groups in total. The Labute approximate surface area is 180 Å². The number of anilines is 1. The number of hydrogen-bond acceptors (Lipinski definition) is 6. The van der Waals surface area contributed by atoms with Gasteiger partial charge in [-0.2, -0.15) is 0 Å². The van der Waals surface area contributed by atoms with Gasteiger partial charge in [0.05, 0.1) is 23.3 Å². The molecule has 0 aliphatic carbocycles. The van der Waals surface area contributed by atoms with Gasteiger partial charge in [-0.15, -0.1) is 0 Å². The second kappa shape index (κ2) is 7.61. The van der Waals surface area contributed by atoms with Crippen molar-refractivity contribution in [1.82, 2.24) is 19.5 Å². The number of carbonyl (C=O) groups is 1. The Morgan fingerprint density at radius 1 is 1.26 bits per heavy atom. The van der Waals surface area contributed by atoms with E-state index in [4.69, 9.17) is 10.7 Å². The van der Waals surface area contributed by atoms with Crippen LogP contribution in [0.5, 0.6) is 0 Å². The highest BCUT2D eigenvalue weighted by molar-refractivity contribution is 6.06. The summed E-state index contributed by atoms with van der Waals surface area (Å²) in [5.74, 6) is 0.304. The first kappa shape index (κ1) is 19.4. The highest BCUT2D eigenvalue weighted by Gasteiger charge is 2.22. The summed E-state index contributed by atoms with van der Waals surface area (Å²) in [7, 11) is 0. The lowest BCUT2D eigenvalue weighted by Gasteiger charge is -2.27. The summed E-state index contributed by atoms with van der Waals surface area (Å²) < 4.78 is 2.06. The molecule has 1 amide bonds. The number of hydrogen-bond donors (Lipinski definition) is 1. The first-order valence-corrected chi connectivity index (χ1v) is 10.6. The Hall–Kier alpha value is -3.55. The maximum Gasteiger partial charge on any atom is 0.250 e. The van der Waals surface area contributed by atoms with E-state index >= 15 is 0 Å². The number of primary amides is 1. The van der Waals surface area contributed by atoms with Crippen molar-refractivity contribution in [3.05, 3.63) is 58.8 Å². The quantitative estimate of drug-likeness (QED) is 0.690. The molecule has 0 spiro atoms. The van der Waals surface area contributed by atoms with Crippen molar-refractivity contribution in [3.63, 3.8) is 0 Å². The van der Waals surface area contributed by atoms with Gasteiger partial charge in [-0.05, 0) is 43.5 Å². The minimum Gasteiger partial charge on any atom is -0.366 e. The second-order valence-corrected chi connectivity index (χ2v) is 8.40. The van der Waals surface area contributed by atoms with Crippen LogP contribution in [-0.4, -0.2) is 51.3 Å². The van der Waals surface area contributed by atoms with Crippen LogP contribution in [0, 0.1) is 0 Å². The number of carbonyl (C=O) groups excluding carboxylic acids is 1. The summed E-state index contributed by atoms with van der Waals surface area (Å²) in [4.78, 5) is 32.3. The number of rotatable bonds is 5. The summed E-state index contributed by atoms with van der Waals surface area (Å²) >= 11 is 0.